The third kappa shape index (κ3) is 4.61. The van der Waals surface area contributed by atoms with Gasteiger partial charge in [0.25, 0.3) is 0 Å². The van der Waals surface area contributed by atoms with Gasteiger partial charge in [0.2, 0.25) is 0 Å². The molecule has 92 valence electrons. The first-order valence-corrected chi connectivity index (χ1v) is 4.36. The summed E-state index contributed by atoms with van der Waals surface area (Å²) in [6, 6.07) is 5.69. The number of hydrogen-bond donors (Lipinski definition) is 0. The Bertz CT molecular complexity index is 425. The van der Waals surface area contributed by atoms with Crippen molar-refractivity contribution >= 4 is 18.5 Å². The molecule has 0 bridgehead atoms. The van der Waals surface area contributed by atoms with E-state index in [0.717, 1.165) is 5.70 Å². The molecule has 0 amide bonds. The van der Waals surface area contributed by atoms with E-state index in [1.54, 1.807) is 12.3 Å². The first kappa shape index (κ1) is 16.3. The molecule has 1 heterocycles. The van der Waals surface area contributed by atoms with Gasteiger partial charge in [-0.1, -0.05) is 12.1 Å². The van der Waals surface area contributed by atoms with Crippen molar-refractivity contribution in [3.8, 4) is 5.75 Å². The molecule has 2 N–H and O–H groups in total. The van der Waals surface area contributed by atoms with E-state index >= 15 is 0 Å². The predicted octanol–water partition coefficient (Wildman–Crippen LogP) is 3.38. The second-order valence-electron chi connectivity index (χ2n) is 2.92. The van der Waals surface area contributed by atoms with Gasteiger partial charge in [0.05, 0.1) is 0 Å². The maximum absolute atomic E-state index is 11.9. The zero-order valence-electron chi connectivity index (χ0n) is 8.27. The van der Waals surface area contributed by atoms with Crippen LogP contribution >= 0.6 is 0 Å². The fourth-order valence-electron chi connectivity index (χ4n) is 1.14. The zero-order chi connectivity index (χ0) is 11.1. The number of nitrogens with zero attached hydrogens (tertiary/aromatic N) is 1. The number of nitrogens with two attached hydrogens (primary N) is 1. The summed E-state index contributed by atoms with van der Waals surface area (Å²) >= 11 is 4.77. The number of halogens is 3. The summed E-state index contributed by atoms with van der Waals surface area (Å²) in [5.41, 5.74) is 1.34. The van der Waals surface area contributed by atoms with Gasteiger partial charge in [-0.2, -0.15) is 0 Å². The van der Waals surface area contributed by atoms with Crippen LogP contribution in [0.1, 0.15) is 5.56 Å². The quantitative estimate of drug-likeness (QED) is 0.674. The monoisotopic (exact) mass is 432 g/mol. The molecule has 1 aliphatic heterocycles. The Labute approximate surface area is 116 Å². The summed E-state index contributed by atoms with van der Waals surface area (Å²) < 4.78 is 40.9. The largest absolute Gasteiger partial charge is 2.00 e. The standard InChI is InChI=1S/C9H5F3NOS.H2N.W/c10-9(11,12)14-7-3-1-2-6(4-7)8-5-13(8)15;;/h1-5H;1H2;/q2*-1;+2. The molecule has 17 heavy (non-hydrogen) atoms. The van der Waals surface area contributed by atoms with E-state index < -0.39 is 6.36 Å². The topological polar surface area (TPSA) is 45.7 Å². The first-order valence-electron chi connectivity index (χ1n) is 4.00. The average Bonchev–Trinajstić information content (AvgIpc) is 2.80. The molecule has 1 aliphatic rings. The Morgan fingerprint density at radius 3 is 2.29 bits per heavy atom. The van der Waals surface area contributed by atoms with Gasteiger partial charge in [-0.15, -0.1) is 13.2 Å². The zero-order valence-corrected chi connectivity index (χ0v) is 12.0. The number of hydrogen-bond acceptors (Lipinski definition) is 3. The predicted molar refractivity (Wildman–Crippen MR) is 55.6 cm³/mol. The second-order valence-corrected chi connectivity index (χ2v) is 3.31. The van der Waals surface area contributed by atoms with Gasteiger partial charge in [-0.25, -0.2) is 0 Å². The Morgan fingerprint density at radius 2 is 1.82 bits per heavy atom. The summed E-state index contributed by atoms with van der Waals surface area (Å²) in [6.07, 6.45) is -3.02. The molecule has 0 aromatic heterocycles. The molecule has 0 aliphatic carbocycles. The van der Waals surface area contributed by atoms with Gasteiger partial charge in [-0.3, -0.25) is 0 Å². The summed E-state index contributed by atoms with van der Waals surface area (Å²) in [5, 5.41) is 0. The molecular formula is C9H7F3N2OSW. The van der Waals surface area contributed by atoms with E-state index in [1.165, 1.54) is 22.5 Å². The number of benzene rings is 1. The van der Waals surface area contributed by atoms with E-state index in [0.29, 0.717) is 5.56 Å². The maximum atomic E-state index is 11.9. The Balaban J connectivity index is 0.00000128. The van der Waals surface area contributed by atoms with Crippen LogP contribution in [0, 0.1) is 0 Å². The minimum atomic E-state index is -4.66. The van der Waals surface area contributed by atoms with Crippen LogP contribution < -0.4 is 4.74 Å². The first-order chi connectivity index (χ1) is 6.96. The second kappa shape index (κ2) is 5.80. The van der Waals surface area contributed by atoms with Crippen molar-refractivity contribution in [3.63, 3.8) is 0 Å². The minimum Gasteiger partial charge on any atom is -0.693 e. The van der Waals surface area contributed by atoms with E-state index in [2.05, 4.69) is 4.74 Å². The number of alkyl halides is 3. The van der Waals surface area contributed by atoms with E-state index in [9.17, 15) is 13.2 Å². The molecule has 0 radical (unpaired) electrons. The van der Waals surface area contributed by atoms with Crippen LogP contribution in [0.4, 0.5) is 13.2 Å². The van der Waals surface area contributed by atoms with Crippen molar-refractivity contribution < 1.29 is 39.0 Å². The normalized spacial score (nSPS) is 13.2. The van der Waals surface area contributed by atoms with Crippen LogP contribution in [0.3, 0.4) is 0 Å². The van der Waals surface area contributed by atoms with Gasteiger partial charge in [0.1, 0.15) is 5.75 Å². The molecule has 8 heteroatoms. The fraction of sp³-hybridized carbons (Fsp3) is 0.111. The van der Waals surface area contributed by atoms with Gasteiger partial charge < -0.3 is 28.0 Å². The molecule has 0 saturated heterocycles. The van der Waals surface area contributed by atoms with Crippen molar-refractivity contribution in [2.75, 3.05) is 0 Å². The minimum absolute atomic E-state index is 0. The summed E-state index contributed by atoms with van der Waals surface area (Å²) in [7, 11) is 0. The molecule has 0 unspecified atom stereocenters. The van der Waals surface area contributed by atoms with Crippen molar-refractivity contribution in [2.45, 2.75) is 6.36 Å². The molecule has 0 spiro atoms. The van der Waals surface area contributed by atoms with Gasteiger partial charge in [0, 0.05) is 17.5 Å². The van der Waals surface area contributed by atoms with Crippen molar-refractivity contribution in [1.29, 1.82) is 0 Å². The maximum Gasteiger partial charge on any atom is 2.00 e. The smallest absolute Gasteiger partial charge is 0.693 e. The van der Waals surface area contributed by atoms with Crippen LogP contribution in [0.5, 0.6) is 5.75 Å². The molecule has 1 aromatic carbocycles. The Kier molecular flexibility index (Phi) is 5.57. The van der Waals surface area contributed by atoms with Gasteiger partial charge in [-0.05, 0) is 12.1 Å². The van der Waals surface area contributed by atoms with Crippen LogP contribution in [0.15, 0.2) is 30.5 Å². The molecule has 3 nitrogen and oxygen atoms in total. The van der Waals surface area contributed by atoms with Crippen LogP contribution in [0.2, 0.25) is 0 Å². The third-order valence-corrected chi connectivity index (χ3v) is 2.07. The van der Waals surface area contributed by atoms with Gasteiger partial charge in [0.15, 0.2) is 0 Å². The average molecular weight is 432 g/mol. The molecular weight excluding hydrogens is 425 g/mol. The number of ether oxygens (including phenoxy) is 1. The van der Waals surface area contributed by atoms with E-state index in [1.807, 2.05) is 0 Å². The third-order valence-electron chi connectivity index (χ3n) is 1.77. The summed E-state index contributed by atoms with van der Waals surface area (Å²) in [4.78, 5) is 0. The van der Waals surface area contributed by atoms with E-state index in [4.69, 9.17) is 12.8 Å². The summed E-state index contributed by atoms with van der Waals surface area (Å²) in [6.45, 7) is 0. The fourth-order valence-corrected chi connectivity index (χ4v) is 1.34. The van der Waals surface area contributed by atoms with Crippen LogP contribution in [-0.4, -0.2) is 10.7 Å². The van der Waals surface area contributed by atoms with Crippen LogP contribution in [0.25, 0.3) is 11.8 Å². The van der Waals surface area contributed by atoms with Gasteiger partial charge >= 0.3 is 27.4 Å². The molecule has 0 saturated carbocycles. The van der Waals surface area contributed by atoms with Crippen molar-refractivity contribution in [1.82, 2.24) is 4.31 Å². The summed E-state index contributed by atoms with van der Waals surface area (Å²) in [5.74, 6) is -0.240. The Hall–Kier alpha value is -0.652. The number of rotatable bonds is 2. The van der Waals surface area contributed by atoms with Crippen molar-refractivity contribution in [2.24, 2.45) is 0 Å². The SMILES string of the molecule is FC(F)(F)Oc1cccc(C2=CN2[S-])c1.[NH2-].[W+2]. The Morgan fingerprint density at radius 1 is 1.24 bits per heavy atom. The molecule has 1 aromatic rings. The van der Waals surface area contributed by atoms with Crippen LogP contribution in [-0.2, 0) is 33.9 Å². The molecule has 0 atom stereocenters. The van der Waals surface area contributed by atoms with Crippen molar-refractivity contribution in [3.05, 3.63) is 42.2 Å². The molecule has 2 rings (SSSR count). The molecule has 0 fully saturated rings. The van der Waals surface area contributed by atoms with E-state index in [-0.39, 0.29) is 33.0 Å².